The smallest absolute Gasteiger partial charge is 0.276 e. The zero-order valence-electron chi connectivity index (χ0n) is 14.6. The molecule has 0 aliphatic heterocycles. The minimum absolute atomic E-state index is 0.116. The maximum absolute atomic E-state index is 11.9. The van der Waals surface area contributed by atoms with Gasteiger partial charge in [0.2, 0.25) is 0 Å². The van der Waals surface area contributed by atoms with Crippen LogP contribution in [0.3, 0.4) is 0 Å². The number of rotatable bonds is 7. The lowest BCUT2D eigenvalue weighted by Gasteiger charge is -2.24. The SMILES string of the molecule is Nc1c(NNC(=O)COc2ccccc2)ncnc1NC1CCCCC1. The molecule has 2 aromatic rings. The fourth-order valence-corrected chi connectivity index (χ4v) is 2.88. The minimum atomic E-state index is -0.339. The van der Waals surface area contributed by atoms with Gasteiger partial charge in [0.15, 0.2) is 18.2 Å². The predicted molar refractivity (Wildman–Crippen MR) is 101 cm³/mol. The van der Waals surface area contributed by atoms with Gasteiger partial charge in [-0.1, -0.05) is 37.5 Å². The molecule has 0 saturated heterocycles. The molecule has 1 amide bonds. The number of nitrogens with two attached hydrogens (primary N) is 1. The molecule has 138 valence electrons. The standard InChI is InChI=1S/C18H24N6O2/c19-16-17(22-13-7-3-1-4-8-13)20-12-21-18(16)24-23-15(25)11-26-14-9-5-2-6-10-14/h2,5-6,9-10,12-13H,1,3-4,7-8,11,19H2,(H,23,25)(H2,20,21,22,24). The van der Waals surface area contributed by atoms with E-state index in [2.05, 4.69) is 26.1 Å². The summed E-state index contributed by atoms with van der Waals surface area (Å²) in [5, 5.41) is 3.37. The van der Waals surface area contributed by atoms with E-state index >= 15 is 0 Å². The van der Waals surface area contributed by atoms with Crippen molar-refractivity contribution in [3.63, 3.8) is 0 Å². The highest BCUT2D eigenvalue weighted by atomic mass is 16.5. The van der Waals surface area contributed by atoms with Crippen LogP contribution in [0.1, 0.15) is 32.1 Å². The van der Waals surface area contributed by atoms with Crippen LogP contribution in [-0.4, -0.2) is 28.5 Å². The number of benzene rings is 1. The first kappa shape index (κ1) is 17.8. The first-order valence-corrected chi connectivity index (χ1v) is 8.82. The lowest BCUT2D eigenvalue weighted by Crippen LogP contribution is -2.34. The molecule has 0 atom stereocenters. The third kappa shape index (κ3) is 4.98. The van der Waals surface area contributed by atoms with Crippen molar-refractivity contribution in [3.05, 3.63) is 36.7 Å². The molecule has 1 aliphatic rings. The average Bonchev–Trinajstić information content (AvgIpc) is 2.69. The molecule has 1 heterocycles. The number of hydrogen-bond donors (Lipinski definition) is 4. The van der Waals surface area contributed by atoms with Crippen LogP contribution in [0.2, 0.25) is 0 Å². The van der Waals surface area contributed by atoms with E-state index in [-0.39, 0.29) is 12.5 Å². The topological polar surface area (TPSA) is 114 Å². The number of nitrogen functional groups attached to an aromatic ring is 1. The molecule has 3 rings (SSSR count). The molecule has 26 heavy (non-hydrogen) atoms. The van der Waals surface area contributed by atoms with Crippen molar-refractivity contribution in [1.29, 1.82) is 0 Å². The number of hydrogen-bond acceptors (Lipinski definition) is 7. The van der Waals surface area contributed by atoms with Gasteiger partial charge in [-0.15, -0.1) is 0 Å². The highest BCUT2D eigenvalue weighted by molar-refractivity contribution is 5.81. The van der Waals surface area contributed by atoms with E-state index < -0.39 is 0 Å². The second-order valence-electron chi connectivity index (χ2n) is 6.24. The normalized spacial score (nSPS) is 14.5. The molecule has 1 aromatic carbocycles. The molecule has 8 nitrogen and oxygen atoms in total. The number of anilines is 3. The van der Waals surface area contributed by atoms with Crippen molar-refractivity contribution in [1.82, 2.24) is 15.4 Å². The fourth-order valence-electron chi connectivity index (χ4n) is 2.88. The van der Waals surface area contributed by atoms with Crippen LogP contribution in [0.4, 0.5) is 17.3 Å². The van der Waals surface area contributed by atoms with E-state index in [4.69, 9.17) is 10.5 Å². The van der Waals surface area contributed by atoms with Crippen LogP contribution < -0.4 is 26.6 Å². The third-order valence-corrected chi connectivity index (χ3v) is 4.26. The summed E-state index contributed by atoms with van der Waals surface area (Å²) >= 11 is 0. The first-order valence-electron chi connectivity index (χ1n) is 8.82. The van der Waals surface area contributed by atoms with Gasteiger partial charge in [-0.3, -0.25) is 15.6 Å². The van der Waals surface area contributed by atoms with Gasteiger partial charge in [-0.05, 0) is 25.0 Å². The second-order valence-corrected chi connectivity index (χ2v) is 6.24. The molecular formula is C18H24N6O2. The van der Waals surface area contributed by atoms with E-state index in [9.17, 15) is 4.79 Å². The summed E-state index contributed by atoms with van der Waals surface area (Å²) in [7, 11) is 0. The van der Waals surface area contributed by atoms with E-state index in [1.54, 1.807) is 12.1 Å². The Balaban J connectivity index is 1.51. The Morgan fingerprint density at radius 2 is 1.85 bits per heavy atom. The Kier molecular flexibility index (Phi) is 6.08. The van der Waals surface area contributed by atoms with Gasteiger partial charge in [-0.25, -0.2) is 9.97 Å². The monoisotopic (exact) mass is 356 g/mol. The molecule has 5 N–H and O–H groups in total. The Hall–Kier alpha value is -3.03. The molecule has 1 fully saturated rings. The highest BCUT2D eigenvalue weighted by Crippen LogP contribution is 2.26. The highest BCUT2D eigenvalue weighted by Gasteiger charge is 2.16. The van der Waals surface area contributed by atoms with Crippen molar-refractivity contribution >= 4 is 23.2 Å². The van der Waals surface area contributed by atoms with Crippen LogP contribution in [0.15, 0.2) is 36.7 Å². The minimum Gasteiger partial charge on any atom is -0.484 e. The van der Waals surface area contributed by atoms with Crippen molar-refractivity contribution in [2.75, 3.05) is 23.1 Å². The average molecular weight is 356 g/mol. The third-order valence-electron chi connectivity index (χ3n) is 4.26. The number of para-hydroxylation sites is 1. The molecule has 1 aromatic heterocycles. The molecule has 1 saturated carbocycles. The van der Waals surface area contributed by atoms with Gasteiger partial charge in [-0.2, -0.15) is 0 Å². The first-order chi connectivity index (χ1) is 12.7. The Bertz CT molecular complexity index is 719. The quantitative estimate of drug-likeness (QED) is 0.563. The van der Waals surface area contributed by atoms with Crippen LogP contribution in [0.5, 0.6) is 5.75 Å². The van der Waals surface area contributed by atoms with Crippen LogP contribution in [0.25, 0.3) is 0 Å². The van der Waals surface area contributed by atoms with E-state index in [0.717, 1.165) is 12.8 Å². The predicted octanol–water partition coefficient (Wildman–Crippen LogP) is 2.33. The number of aromatic nitrogens is 2. The summed E-state index contributed by atoms with van der Waals surface area (Å²) in [5.74, 6) is 1.23. The summed E-state index contributed by atoms with van der Waals surface area (Å²) < 4.78 is 5.38. The number of carbonyl (C=O) groups is 1. The van der Waals surface area contributed by atoms with Crippen LogP contribution in [0, 0.1) is 0 Å². The van der Waals surface area contributed by atoms with E-state index in [1.165, 1.54) is 25.6 Å². The lowest BCUT2D eigenvalue weighted by atomic mass is 9.95. The van der Waals surface area contributed by atoms with Crippen LogP contribution in [-0.2, 0) is 4.79 Å². The number of carbonyl (C=O) groups excluding carboxylic acids is 1. The number of ether oxygens (including phenoxy) is 1. The molecule has 0 radical (unpaired) electrons. The fraction of sp³-hybridized carbons (Fsp3) is 0.389. The van der Waals surface area contributed by atoms with Crippen LogP contribution >= 0.6 is 0 Å². The maximum atomic E-state index is 11.9. The summed E-state index contributed by atoms with van der Waals surface area (Å²) in [5.41, 5.74) is 11.8. The van der Waals surface area contributed by atoms with Gasteiger partial charge < -0.3 is 15.8 Å². The van der Waals surface area contributed by atoms with Gasteiger partial charge >= 0.3 is 0 Å². The Labute approximate surface area is 152 Å². The van der Waals surface area contributed by atoms with E-state index in [0.29, 0.717) is 29.1 Å². The zero-order valence-corrected chi connectivity index (χ0v) is 14.6. The Morgan fingerprint density at radius 1 is 1.12 bits per heavy atom. The molecule has 0 unspecified atom stereocenters. The maximum Gasteiger partial charge on any atom is 0.276 e. The van der Waals surface area contributed by atoms with Crippen molar-refractivity contribution in [2.24, 2.45) is 0 Å². The summed E-state index contributed by atoms with van der Waals surface area (Å²) in [4.78, 5) is 20.2. The molecule has 8 heteroatoms. The zero-order chi connectivity index (χ0) is 18.2. The van der Waals surface area contributed by atoms with E-state index in [1.807, 2.05) is 18.2 Å². The summed E-state index contributed by atoms with van der Waals surface area (Å²) in [6.07, 6.45) is 7.34. The molecular weight excluding hydrogens is 332 g/mol. The Morgan fingerprint density at radius 3 is 2.62 bits per heavy atom. The lowest BCUT2D eigenvalue weighted by molar-refractivity contribution is -0.122. The number of hydrazine groups is 1. The van der Waals surface area contributed by atoms with Gasteiger partial charge in [0.05, 0.1) is 0 Å². The number of nitrogens with zero attached hydrogens (tertiary/aromatic N) is 2. The summed E-state index contributed by atoms with van der Waals surface area (Å²) in [6, 6.07) is 9.51. The number of amides is 1. The van der Waals surface area contributed by atoms with Gasteiger partial charge in [0.1, 0.15) is 17.8 Å². The molecule has 0 bridgehead atoms. The van der Waals surface area contributed by atoms with Gasteiger partial charge in [0.25, 0.3) is 5.91 Å². The van der Waals surface area contributed by atoms with Gasteiger partial charge in [0, 0.05) is 6.04 Å². The van der Waals surface area contributed by atoms with Crippen molar-refractivity contribution in [3.8, 4) is 5.75 Å². The van der Waals surface area contributed by atoms with Crippen molar-refractivity contribution < 1.29 is 9.53 Å². The molecule has 0 spiro atoms. The number of nitrogens with one attached hydrogen (secondary N) is 3. The molecule has 1 aliphatic carbocycles. The summed E-state index contributed by atoms with van der Waals surface area (Å²) in [6.45, 7) is -0.116. The second kappa shape index (κ2) is 8.89. The largest absolute Gasteiger partial charge is 0.484 e. The van der Waals surface area contributed by atoms with Crippen molar-refractivity contribution in [2.45, 2.75) is 38.1 Å².